The Hall–Kier alpha value is -2.17. The molecule has 0 spiro atoms. The van der Waals surface area contributed by atoms with E-state index in [0.717, 1.165) is 45.7 Å². The lowest BCUT2D eigenvalue weighted by atomic mass is 9.95. The van der Waals surface area contributed by atoms with E-state index in [1.165, 1.54) is 11.1 Å². The summed E-state index contributed by atoms with van der Waals surface area (Å²) >= 11 is 0. The first-order valence-electron chi connectivity index (χ1n) is 10.5. The smallest absolute Gasteiger partial charge is 0.222 e. The number of likely N-dealkylation sites (tertiary alicyclic amines) is 1. The molecule has 0 radical (unpaired) electrons. The molecule has 0 aromatic heterocycles. The summed E-state index contributed by atoms with van der Waals surface area (Å²) in [6, 6.07) is 22.1. The van der Waals surface area contributed by atoms with Gasteiger partial charge in [-0.25, -0.2) is 0 Å². The number of carbonyl (C=O) groups is 1. The van der Waals surface area contributed by atoms with Gasteiger partial charge in [0, 0.05) is 52.7 Å². The van der Waals surface area contributed by atoms with Crippen molar-refractivity contribution in [2.45, 2.75) is 18.9 Å². The van der Waals surface area contributed by atoms with Gasteiger partial charge in [0.2, 0.25) is 5.91 Å². The lowest BCUT2D eigenvalue weighted by molar-refractivity contribution is -0.133. The molecule has 2 aliphatic heterocycles. The molecule has 2 heterocycles. The van der Waals surface area contributed by atoms with Crippen molar-refractivity contribution in [3.8, 4) is 0 Å². The van der Waals surface area contributed by atoms with Crippen LogP contribution in [0.15, 0.2) is 60.7 Å². The molecule has 28 heavy (non-hydrogen) atoms. The summed E-state index contributed by atoms with van der Waals surface area (Å²) in [6.07, 6.45) is 1.76. The Balaban J connectivity index is 1.40. The van der Waals surface area contributed by atoms with Crippen LogP contribution in [-0.4, -0.2) is 66.9 Å². The van der Waals surface area contributed by atoms with E-state index in [1.807, 2.05) is 11.9 Å². The lowest BCUT2D eigenvalue weighted by Crippen LogP contribution is -2.50. The Kier molecular flexibility index (Phi) is 6.08. The van der Waals surface area contributed by atoms with Gasteiger partial charge in [0.1, 0.15) is 0 Å². The predicted molar refractivity (Wildman–Crippen MR) is 113 cm³/mol. The Bertz CT molecular complexity index is 716. The molecule has 2 aromatic rings. The zero-order valence-electron chi connectivity index (χ0n) is 16.8. The van der Waals surface area contributed by atoms with E-state index in [-0.39, 0.29) is 0 Å². The average molecular weight is 378 g/mol. The van der Waals surface area contributed by atoms with Crippen LogP contribution in [0.1, 0.15) is 30.0 Å². The fraction of sp³-hybridized carbons (Fsp3) is 0.458. The zero-order chi connectivity index (χ0) is 19.3. The first kappa shape index (κ1) is 19.2. The first-order chi connectivity index (χ1) is 13.7. The van der Waals surface area contributed by atoms with Crippen LogP contribution >= 0.6 is 0 Å². The summed E-state index contributed by atoms with van der Waals surface area (Å²) < 4.78 is 0. The zero-order valence-corrected chi connectivity index (χ0v) is 16.8. The standard InChI is InChI=1S/C24H31N3O/c1-25-18-20(12-13-23(25)28)19-26-14-16-27(17-15-26)24(21-8-4-2-5-9-21)22-10-6-3-7-11-22/h2-11,20,24H,12-19H2,1H3. The molecule has 0 aliphatic carbocycles. The van der Waals surface area contributed by atoms with Crippen LogP contribution in [0.25, 0.3) is 0 Å². The van der Waals surface area contributed by atoms with E-state index < -0.39 is 0 Å². The molecular weight excluding hydrogens is 346 g/mol. The monoisotopic (exact) mass is 377 g/mol. The van der Waals surface area contributed by atoms with Crippen molar-refractivity contribution in [1.82, 2.24) is 14.7 Å². The molecule has 1 atom stereocenters. The highest BCUT2D eigenvalue weighted by atomic mass is 16.2. The topological polar surface area (TPSA) is 26.8 Å². The van der Waals surface area contributed by atoms with Gasteiger partial charge in [-0.15, -0.1) is 0 Å². The molecule has 2 fully saturated rings. The molecule has 148 valence electrons. The third kappa shape index (κ3) is 4.45. The first-order valence-corrected chi connectivity index (χ1v) is 10.5. The second-order valence-electron chi connectivity index (χ2n) is 8.24. The van der Waals surface area contributed by atoms with Gasteiger partial charge >= 0.3 is 0 Å². The average Bonchev–Trinajstić information content (AvgIpc) is 2.74. The maximum atomic E-state index is 11.7. The normalized spacial score (nSPS) is 22.0. The van der Waals surface area contributed by atoms with E-state index in [9.17, 15) is 4.79 Å². The Morgan fingerprint density at radius 2 is 1.46 bits per heavy atom. The van der Waals surface area contributed by atoms with Gasteiger partial charge in [-0.3, -0.25) is 9.69 Å². The number of piperidine rings is 1. The molecule has 1 unspecified atom stereocenters. The summed E-state index contributed by atoms with van der Waals surface area (Å²) in [6.45, 7) is 6.39. The maximum Gasteiger partial charge on any atom is 0.222 e. The fourth-order valence-electron chi connectivity index (χ4n) is 4.70. The number of amides is 1. The van der Waals surface area contributed by atoms with Gasteiger partial charge in [0.25, 0.3) is 0 Å². The van der Waals surface area contributed by atoms with Crippen molar-refractivity contribution in [2.24, 2.45) is 5.92 Å². The number of benzene rings is 2. The van der Waals surface area contributed by atoms with E-state index in [2.05, 4.69) is 70.5 Å². The van der Waals surface area contributed by atoms with Crippen molar-refractivity contribution in [3.63, 3.8) is 0 Å². The predicted octanol–water partition coefficient (Wildman–Crippen LogP) is 3.26. The molecule has 0 saturated carbocycles. The van der Waals surface area contributed by atoms with Gasteiger partial charge in [0.15, 0.2) is 0 Å². The Morgan fingerprint density at radius 3 is 2.00 bits per heavy atom. The number of rotatable bonds is 5. The molecule has 2 aromatic carbocycles. The quantitative estimate of drug-likeness (QED) is 0.800. The summed E-state index contributed by atoms with van der Waals surface area (Å²) in [4.78, 5) is 18.9. The van der Waals surface area contributed by atoms with Crippen LogP contribution in [0.4, 0.5) is 0 Å². The molecule has 2 saturated heterocycles. The van der Waals surface area contributed by atoms with Crippen molar-refractivity contribution < 1.29 is 4.79 Å². The van der Waals surface area contributed by atoms with Crippen LogP contribution in [0.3, 0.4) is 0 Å². The summed E-state index contributed by atoms with van der Waals surface area (Å²) in [7, 11) is 1.94. The van der Waals surface area contributed by atoms with Crippen LogP contribution < -0.4 is 0 Å². The minimum absolute atomic E-state index is 0.301. The molecule has 0 N–H and O–H groups in total. The van der Waals surface area contributed by atoms with Crippen LogP contribution in [0, 0.1) is 5.92 Å². The highest BCUT2D eigenvalue weighted by molar-refractivity contribution is 5.76. The summed E-state index contributed by atoms with van der Waals surface area (Å²) in [5.41, 5.74) is 2.74. The molecule has 0 bridgehead atoms. The van der Waals surface area contributed by atoms with Crippen molar-refractivity contribution in [1.29, 1.82) is 0 Å². The number of piperazine rings is 1. The van der Waals surface area contributed by atoms with Crippen LogP contribution in [-0.2, 0) is 4.79 Å². The van der Waals surface area contributed by atoms with Gasteiger partial charge in [-0.05, 0) is 23.5 Å². The van der Waals surface area contributed by atoms with E-state index in [0.29, 0.717) is 24.3 Å². The third-order valence-corrected chi connectivity index (χ3v) is 6.24. The van der Waals surface area contributed by atoms with Crippen molar-refractivity contribution >= 4 is 5.91 Å². The van der Waals surface area contributed by atoms with E-state index in [1.54, 1.807) is 0 Å². The Labute approximate surface area is 168 Å². The summed E-state index contributed by atoms with van der Waals surface area (Å²) in [5.74, 6) is 0.919. The molecule has 4 rings (SSSR count). The highest BCUT2D eigenvalue weighted by Gasteiger charge is 2.29. The number of carbonyl (C=O) groups excluding carboxylic acids is 1. The van der Waals surface area contributed by atoms with Crippen LogP contribution in [0.5, 0.6) is 0 Å². The summed E-state index contributed by atoms with van der Waals surface area (Å²) in [5, 5.41) is 0. The fourth-order valence-corrected chi connectivity index (χ4v) is 4.70. The minimum atomic E-state index is 0.301. The maximum absolute atomic E-state index is 11.7. The highest BCUT2D eigenvalue weighted by Crippen LogP contribution is 2.29. The minimum Gasteiger partial charge on any atom is -0.345 e. The molecule has 2 aliphatic rings. The molecule has 4 nitrogen and oxygen atoms in total. The van der Waals surface area contributed by atoms with Crippen molar-refractivity contribution in [3.05, 3.63) is 71.8 Å². The largest absolute Gasteiger partial charge is 0.345 e. The van der Waals surface area contributed by atoms with E-state index in [4.69, 9.17) is 0 Å². The third-order valence-electron chi connectivity index (χ3n) is 6.24. The van der Waals surface area contributed by atoms with Gasteiger partial charge < -0.3 is 9.80 Å². The lowest BCUT2D eigenvalue weighted by Gasteiger charge is -2.41. The Morgan fingerprint density at radius 1 is 0.893 bits per heavy atom. The molecule has 1 amide bonds. The van der Waals surface area contributed by atoms with Gasteiger partial charge in [-0.1, -0.05) is 60.7 Å². The van der Waals surface area contributed by atoms with Gasteiger partial charge in [-0.2, -0.15) is 0 Å². The molecule has 4 heteroatoms. The van der Waals surface area contributed by atoms with Gasteiger partial charge in [0.05, 0.1) is 6.04 Å². The number of hydrogen-bond acceptors (Lipinski definition) is 3. The van der Waals surface area contributed by atoms with Crippen molar-refractivity contribution in [2.75, 3.05) is 46.3 Å². The second-order valence-corrected chi connectivity index (χ2v) is 8.24. The second kappa shape index (κ2) is 8.89. The number of hydrogen-bond donors (Lipinski definition) is 0. The van der Waals surface area contributed by atoms with E-state index >= 15 is 0 Å². The van der Waals surface area contributed by atoms with Crippen LogP contribution in [0.2, 0.25) is 0 Å². The molecular formula is C24H31N3O. The number of nitrogens with zero attached hydrogens (tertiary/aromatic N) is 3. The SMILES string of the molecule is CN1CC(CN2CCN(C(c3ccccc3)c3ccccc3)CC2)CCC1=O.